The first-order chi connectivity index (χ1) is 11.2. The number of benzene rings is 1. The number of amides is 1. The number of halogens is 4. The Morgan fingerprint density at radius 3 is 2.71 bits per heavy atom. The molecule has 0 aliphatic carbocycles. The third-order valence-electron chi connectivity index (χ3n) is 3.79. The molecule has 1 saturated heterocycles. The zero-order valence-electron chi connectivity index (χ0n) is 12.6. The molecule has 1 aromatic carbocycles. The van der Waals surface area contributed by atoms with Crippen LogP contribution in [0.2, 0.25) is 5.02 Å². The Labute approximate surface area is 141 Å². The molecule has 1 aliphatic heterocycles. The lowest BCUT2D eigenvalue weighted by atomic mass is 9.98. The highest BCUT2D eigenvalue weighted by atomic mass is 35.5. The predicted octanol–water partition coefficient (Wildman–Crippen LogP) is 3.09. The van der Waals surface area contributed by atoms with Crippen molar-refractivity contribution in [3.8, 4) is 0 Å². The summed E-state index contributed by atoms with van der Waals surface area (Å²) in [7, 11) is 0. The monoisotopic (exact) mass is 364 g/mol. The van der Waals surface area contributed by atoms with Crippen molar-refractivity contribution in [2.45, 2.75) is 19.0 Å². The highest BCUT2D eigenvalue weighted by molar-refractivity contribution is 6.33. The summed E-state index contributed by atoms with van der Waals surface area (Å²) in [6.45, 7) is 0.697. The number of likely N-dealkylation sites (tertiary alicyclic amines) is 1. The van der Waals surface area contributed by atoms with E-state index >= 15 is 0 Å². The Balaban J connectivity index is 2.01. The van der Waals surface area contributed by atoms with E-state index in [1.54, 1.807) is 4.90 Å². The van der Waals surface area contributed by atoms with Gasteiger partial charge in [-0.2, -0.15) is 13.2 Å². The summed E-state index contributed by atoms with van der Waals surface area (Å²) >= 11 is 5.82. The molecule has 1 heterocycles. The number of alkyl halides is 3. The number of nitrogens with one attached hydrogen (secondary N) is 1. The fourth-order valence-electron chi connectivity index (χ4n) is 2.59. The van der Waals surface area contributed by atoms with Crippen LogP contribution in [0.4, 0.5) is 18.9 Å². The molecule has 1 atom stereocenters. The first kappa shape index (κ1) is 18.5. The molecular weight excluding hydrogens is 349 g/mol. The summed E-state index contributed by atoms with van der Waals surface area (Å²) in [5, 5.41) is 11.4. The molecule has 2 rings (SSSR count). The summed E-state index contributed by atoms with van der Waals surface area (Å²) < 4.78 is 38.1. The highest BCUT2D eigenvalue weighted by Gasteiger charge is 2.31. The maximum atomic E-state index is 12.7. The molecule has 2 N–H and O–H groups in total. The van der Waals surface area contributed by atoms with Gasteiger partial charge in [-0.05, 0) is 37.6 Å². The van der Waals surface area contributed by atoms with E-state index < -0.39 is 29.5 Å². The molecule has 0 aromatic heterocycles. The van der Waals surface area contributed by atoms with Gasteiger partial charge in [0.25, 0.3) is 0 Å². The van der Waals surface area contributed by atoms with Gasteiger partial charge in [-0.3, -0.25) is 14.5 Å². The van der Waals surface area contributed by atoms with Crippen LogP contribution in [0, 0.1) is 5.92 Å². The number of anilines is 1. The number of carboxylic acids is 1. The Kier molecular flexibility index (Phi) is 5.71. The van der Waals surface area contributed by atoms with Crippen LogP contribution in [0.25, 0.3) is 0 Å². The van der Waals surface area contributed by atoms with Gasteiger partial charge in [0.2, 0.25) is 5.91 Å². The normalized spacial score (nSPS) is 19.1. The third kappa shape index (κ3) is 4.85. The Morgan fingerprint density at radius 2 is 2.08 bits per heavy atom. The minimum atomic E-state index is -4.54. The average Bonchev–Trinajstić information content (AvgIpc) is 2.48. The lowest BCUT2D eigenvalue weighted by Gasteiger charge is -2.29. The molecule has 9 heteroatoms. The number of piperidine rings is 1. The summed E-state index contributed by atoms with van der Waals surface area (Å²) in [5.74, 6) is -1.99. The van der Waals surface area contributed by atoms with E-state index in [9.17, 15) is 22.8 Å². The van der Waals surface area contributed by atoms with Gasteiger partial charge < -0.3 is 10.4 Å². The van der Waals surface area contributed by atoms with Crippen LogP contribution in [0.5, 0.6) is 0 Å². The van der Waals surface area contributed by atoms with Crippen molar-refractivity contribution in [1.29, 1.82) is 0 Å². The molecule has 1 amide bonds. The van der Waals surface area contributed by atoms with E-state index in [2.05, 4.69) is 5.32 Å². The van der Waals surface area contributed by atoms with Crippen LogP contribution in [-0.4, -0.2) is 41.5 Å². The molecule has 24 heavy (non-hydrogen) atoms. The fraction of sp³-hybridized carbons (Fsp3) is 0.467. The van der Waals surface area contributed by atoms with Gasteiger partial charge in [0.1, 0.15) is 0 Å². The minimum absolute atomic E-state index is 0.00148. The topological polar surface area (TPSA) is 69.6 Å². The Bertz CT molecular complexity index is 637. The Morgan fingerprint density at radius 1 is 1.38 bits per heavy atom. The number of hydrogen-bond acceptors (Lipinski definition) is 3. The number of carbonyl (C=O) groups is 2. The second-order valence-corrected chi connectivity index (χ2v) is 6.06. The van der Waals surface area contributed by atoms with Crippen LogP contribution in [0.3, 0.4) is 0 Å². The number of nitrogens with zero attached hydrogens (tertiary/aromatic N) is 1. The zero-order valence-corrected chi connectivity index (χ0v) is 13.3. The quantitative estimate of drug-likeness (QED) is 0.861. The molecule has 1 aromatic rings. The number of carbonyl (C=O) groups excluding carboxylic acids is 1. The smallest absolute Gasteiger partial charge is 0.416 e. The van der Waals surface area contributed by atoms with Gasteiger partial charge in [0.05, 0.1) is 28.7 Å². The van der Waals surface area contributed by atoms with Gasteiger partial charge in [-0.25, -0.2) is 0 Å². The molecule has 0 saturated carbocycles. The van der Waals surface area contributed by atoms with E-state index in [1.807, 2.05) is 0 Å². The molecule has 1 fully saturated rings. The van der Waals surface area contributed by atoms with E-state index in [0.29, 0.717) is 19.4 Å². The largest absolute Gasteiger partial charge is 0.481 e. The van der Waals surface area contributed by atoms with Crippen LogP contribution >= 0.6 is 11.6 Å². The number of rotatable bonds is 4. The van der Waals surface area contributed by atoms with Crippen LogP contribution in [0.1, 0.15) is 18.4 Å². The van der Waals surface area contributed by atoms with Crippen molar-refractivity contribution < 1.29 is 27.9 Å². The van der Waals surface area contributed by atoms with Gasteiger partial charge in [0.15, 0.2) is 0 Å². The van der Waals surface area contributed by atoms with Crippen molar-refractivity contribution in [3.63, 3.8) is 0 Å². The number of hydrogen-bond donors (Lipinski definition) is 2. The van der Waals surface area contributed by atoms with E-state index in [4.69, 9.17) is 16.7 Å². The minimum Gasteiger partial charge on any atom is -0.481 e. The molecule has 5 nitrogen and oxygen atoms in total. The summed E-state index contributed by atoms with van der Waals surface area (Å²) in [6.07, 6.45) is -3.34. The van der Waals surface area contributed by atoms with E-state index in [1.165, 1.54) is 0 Å². The van der Waals surface area contributed by atoms with Crippen molar-refractivity contribution in [2.75, 3.05) is 25.0 Å². The van der Waals surface area contributed by atoms with E-state index in [0.717, 1.165) is 18.2 Å². The van der Waals surface area contributed by atoms with Gasteiger partial charge >= 0.3 is 12.1 Å². The Hall–Kier alpha value is -1.80. The molecule has 1 aliphatic rings. The molecule has 1 unspecified atom stereocenters. The van der Waals surface area contributed by atoms with Gasteiger partial charge in [-0.1, -0.05) is 11.6 Å². The van der Waals surface area contributed by atoms with E-state index in [-0.39, 0.29) is 23.8 Å². The average molecular weight is 365 g/mol. The van der Waals surface area contributed by atoms with Crippen molar-refractivity contribution in [1.82, 2.24) is 4.90 Å². The summed E-state index contributed by atoms with van der Waals surface area (Å²) in [5.41, 5.74) is -1.03. The molecular formula is C15H16ClF3N2O3. The molecule has 0 bridgehead atoms. The standard InChI is InChI=1S/C15H16ClF3N2O3/c16-11-4-3-10(15(17,18)19)6-12(11)20-13(22)8-21-5-1-2-9(7-21)14(23)24/h3-4,6,9H,1-2,5,7-8H2,(H,20,22)(H,23,24). The zero-order chi connectivity index (χ0) is 17.9. The maximum absolute atomic E-state index is 12.7. The van der Waals surface area contributed by atoms with Crippen LogP contribution in [-0.2, 0) is 15.8 Å². The second kappa shape index (κ2) is 7.40. The van der Waals surface area contributed by atoms with Crippen molar-refractivity contribution in [3.05, 3.63) is 28.8 Å². The maximum Gasteiger partial charge on any atom is 0.416 e. The van der Waals surface area contributed by atoms with Gasteiger partial charge in [-0.15, -0.1) is 0 Å². The predicted molar refractivity (Wildman–Crippen MR) is 81.9 cm³/mol. The molecule has 0 radical (unpaired) electrons. The van der Waals surface area contributed by atoms with Crippen molar-refractivity contribution >= 4 is 29.2 Å². The first-order valence-corrected chi connectivity index (χ1v) is 7.66. The molecule has 0 spiro atoms. The van der Waals surface area contributed by atoms with Crippen LogP contribution in [0.15, 0.2) is 18.2 Å². The summed E-state index contributed by atoms with van der Waals surface area (Å²) in [4.78, 5) is 24.7. The summed E-state index contributed by atoms with van der Waals surface area (Å²) in [6, 6.07) is 2.68. The SMILES string of the molecule is O=C(CN1CCCC(C(=O)O)C1)Nc1cc(C(F)(F)F)ccc1Cl. The second-order valence-electron chi connectivity index (χ2n) is 5.65. The van der Waals surface area contributed by atoms with Crippen LogP contribution < -0.4 is 5.32 Å². The number of carboxylic acid groups (broad SMARTS) is 1. The lowest BCUT2D eigenvalue weighted by Crippen LogP contribution is -2.42. The van der Waals surface area contributed by atoms with Crippen molar-refractivity contribution in [2.24, 2.45) is 5.92 Å². The lowest BCUT2D eigenvalue weighted by molar-refractivity contribution is -0.144. The first-order valence-electron chi connectivity index (χ1n) is 7.28. The fourth-order valence-corrected chi connectivity index (χ4v) is 2.76. The van der Waals surface area contributed by atoms with Gasteiger partial charge in [0, 0.05) is 6.54 Å². The highest BCUT2D eigenvalue weighted by Crippen LogP contribution is 2.33. The molecule has 132 valence electrons. The third-order valence-corrected chi connectivity index (χ3v) is 4.12. The number of aliphatic carboxylic acids is 1.